The molecule has 1 aliphatic rings. The Morgan fingerprint density at radius 3 is 2.71 bits per heavy atom. The zero-order chi connectivity index (χ0) is 8.39. The average molecular weight is 256 g/mol. The molecule has 0 spiro atoms. The van der Waals surface area contributed by atoms with Crippen molar-refractivity contribution >= 4 is 42.1 Å². The van der Waals surface area contributed by atoms with E-state index >= 15 is 0 Å². The Morgan fingerprint density at radius 1 is 1.14 bits per heavy atom. The topological polar surface area (TPSA) is 24.1 Å². The van der Waals surface area contributed by atoms with E-state index in [-0.39, 0.29) is 24.8 Å². The second-order valence-electron chi connectivity index (χ2n) is 2.88. The first-order valence-corrected chi connectivity index (χ1v) is 4.48. The van der Waals surface area contributed by atoms with Crippen LogP contribution in [0.4, 0.5) is 5.69 Å². The summed E-state index contributed by atoms with van der Waals surface area (Å²) < 4.78 is 0. The van der Waals surface area contributed by atoms with Gasteiger partial charge >= 0.3 is 0 Å². The van der Waals surface area contributed by atoms with Crippen molar-refractivity contribution in [3.8, 4) is 0 Å². The fourth-order valence-electron chi connectivity index (χ4n) is 1.41. The highest BCUT2D eigenvalue weighted by Gasteiger charge is 2.08. The van der Waals surface area contributed by atoms with Crippen LogP contribution in [0.1, 0.15) is 5.56 Å². The Bertz CT molecular complexity index is 291. The van der Waals surface area contributed by atoms with Gasteiger partial charge in [0.2, 0.25) is 0 Å². The molecule has 0 fully saturated rings. The van der Waals surface area contributed by atoms with Gasteiger partial charge in [0.05, 0.1) is 10.7 Å². The zero-order valence-corrected chi connectivity index (χ0v) is 9.94. The number of rotatable bonds is 0. The molecule has 0 unspecified atom stereocenters. The minimum absolute atomic E-state index is 0. The molecule has 0 radical (unpaired) electrons. The van der Waals surface area contributed by atoms with E-state index in [0.29, 0.717) is 0 Å². The molecule has 2 rings (SSSR count). The summed E-state index contributed by atoms with van der Waals surface area (Å²) in [6.07, 6.45) is 0. The Hall–Kier alpha value is -0.150. The van der Waals surface area contributed by atoms with Crippen LogP contribution in [0.25, 0.3) is 0 Å². The van der Waals surface area contributed by atoms with E-state index in [2.05, 4.69) is 16.7 Å². The molecule has 1 aliphatic heterocycles. The first-order chi connectivity index (χ1) is 5.88. The van der Waals surface area contributed by atoms with Crippen LogP contribution in [0.15, 0.2) is 18.2 Å². The molecule has 0 atom stereocenters. The molecule has 80 valence electrons. The number of benzene rings is 1. The summed E-state index contributed by atoms with van der Waals surface area (Å²) in [7, 11) is 0. The van der Waals surface area contributed by atoms with Gasteiger partial charge in [-0.3, -0.25) is 0 Å². The zero-order valence-electron chi connectivity index (χ0n) is 7.55. The lowest BCUT2D eigenvalue weighted by atomic mass is 10.2. The van der Waals surface area contributed by atoms with E-state index in [0.717, 1.165) is 30.3 Å². The van der Waals surface area contributed by atoms with E-state index in [1.807, 2.05) is 12.1 Å². The maximum atomic E-state index is 6.02. The van der Waals surface area contributed by atoms with Gasteiger partial charge in [0.1, 0.15) is 0 Å². The van der Waals surface area contributed by atoms with Gasteiger partial charge in [0.25, 0.3) is 0 Å². The van der Waals surface area contributed by atoms with Crippen molar-refractivity contribution in [3.63, 3.8) is 0 Å². The summed E-state index contributed by atoms with van der Waals surface area (Å²) in [6, 6.07) is 5.99. The predicted molar refractivity (Wildman–Crippen MR) is 66.1 cm³/mol. The van der Waals surface area contributed by atoms with Crippen LogP contribution in [-0.2, 0) is 6.54 Å². The molecule has 5 heteroatoms. The number of halogens is 3. The number of fused-ring (bicyclic) bond motifs is 1. The SMILES string of the molecule is Cl.Cl.Clc1cccc2c1NCCNC2. The normalized spacial score (nSPS) is 13.8. The van der Waals surface area contributed by atoms with Crippen LogP contribution in [0.2, 0.25) is 5.02 Å². The van der Waals surface area contributed by atoms with Crippen LogP contribution in [0.5, 0.6) is 0 Å². The second kappa shape index (κ2) is 6.36. The molecule has 1 aromatic rings. The van der Waals surface area contributed by atoms with Crippen LogP contribution in [-0.4, -0.2) is 13.1 Å². The van der Waals surface area contributed by atoms with Gasteiger partial charge in [-0.15, -0.1) is 24.8 Å². The maximum absolute atomic E-state index is 6.02. The van der Waals surface area contributed by atoms with Crippen molar-refractivity contribution in [1.82, 2.24) is 5.32 Å². The summed E-state index contributed by atoms with van der Waals surface area (Å²) in [5.41, 5.74) is 2.34. The fourth-order valence-corrected chi connectivity index (χ4v) is 1.67. The van der Waals surface area contributed by atoms with Gasteiger partial charge in [0, 0.05) is 19.6 Å². The largest absolute Gasteiger partial charge is 0.382 e. The van der Waals surface area contributed by atoms with Gasteiger partial charge < -0.3 is 10.6 Å². The van der Waals surface area contributed by atoms with Crippen molar-refractivity contribution in [1.29, 1.82) is 0 Å². The third-order valence-electron chi connectivity index (χ3n) is 2.02. The van der Waals surface area contributed by atoms with Crippen molar-refractivity contribution in [2.24, 2.45) is 0 Å². The number of anilines is 1. The Kier molecular flexibility index (Phi) is 6.29. The first-order valence-electron chi connectivity index (χ1n) is 4.10. The van der Waals surface area contributed by atoms with E-state index in [9.17, 15) is 0 Å². The molecular formula is C9H13Cl3N2. The van der Waals surface area contributed by atoms with Crippen molar-refractivity contribution in [2.75, 3.05) is 18.4 Å². The van der Waals surface area contributed by atoms with Crippen molar-refractivity contribution < 1.29 is 0 Å². The lowest BCUT2D eigenvalue weighted by Gasteiger charge is -2.07. The highest BCUT2D eigenvalue weighted by molar-refractivity contribution is 6.33. The summed E-state index contributed by atoms with van der Waals surface area (Å²) >= 11 is 6.02. The highest BCUT2D eigenvalue weighted by Crippen LogP contribution is 2.26. The number of nitrogens with one attached hydrogen (secondary N) is 2. The molecule has 0 aliphatic carbocycles. The summed E-state index contributed by atoms with van der Waals surface area (Å²) in [6.45, 7) is 2.84. The third-order valence-corrected chi connectivity index (χ3v) is 2.33. The van der Waals surface area contributed by atoms with Gasteiger partial charge in [-0.05, 0) is 11.6 Å². The monoisotopic (exact) mass is 254 g/mol. The van der Waals surface area contributed by atoms with E-state index < -0.39 is 0 Å². The van der Waals surface area contributed by atoms with Crippen LogP contribution in [0, 0.1) is 0 Å². The minimum Gasteiger partial charge on any atom is -0.382 e. The number of hydrogen-bond acceptors (Lipinski definition) is 2. The smallest absolute Gasteiger partial charge is 0.0640 e. The lowest BCUT2D eigenvalue weighted by Crippen LogP contribution is -2.16. The molecular weight excluding hydrogens is 242 g/mol. The minimum atomic E-state index is 0. The van der Waals surface area contributed by atoms with Crippen molar-refractivity contribution in [3.05, 3.63) is 28.8 Å². The van der Waals surface area contributed by atoms with Crippen molar-refractivity contribution in [2.45, 2.75) is 6.54 Å². The second-order valence-corrected chi connectivity index (χ2v) is 3.28. The number of para-hydroxylation sites is 1. The molecule has 0 saturated heterocycles. The summed E-state index contributed by atoms with van der Waals surface area (Å²) in [4.78, 5) is 0. The van der Waals surface area contributed by atoms with Gasteiger partial charge in [-0.1, -0.05) is 23.7 Å². The van der Waals surface area contributed by atoms with Gasteiger partial charge in [0.15, 0.2) is 0 Å². The van der Waals surface area contributed by atoms with Gasteiger partial charge in [-0.2, -0.15) is 0 Å². The molecule has 2 N–H and O–H groups in total. The maximum Gasteiger partial charge on any atom is 0.0640 e. The van der Waals surface area contributed by atoms with E-state index in [4.69, 9.17) is 11.6 Å². The summed E-state index contributed by atoms with van der Waals surface area (Å²) in [5.74, 6) is 0. The fraction of sp³-hybridized carbons (Fsp3) is 0.333. The Labute approximate surface area is 101 Å². The number of hydrogen-bond donors (Lipinski definition) is 2. The van der Waals surface area contributed by atoms with E-state index in [1.165, 1.54) is 5.56 Å². The molecule has 0 saturated carbocycles. The third kappa shape index (κ3) is 2.92. The molecule has 0 amide bonds. The Morgan fingerprint density at radius 2 is 1.93 bits per heavy atom. The molecule has 1 aromatic carbocycles. The average Bonchev–Trinajstić information content (AvgIpc) is 2.30. The van der Waals surface area contributed by atoms with Crippen LogP contribution in [0.3, 0.4) is 0 Å². The molecule has 14 heavy (non-hydrogen) atoms. The predicted octanol–water partition coefficient (Wildman–Crippen LogP) is 2.70. The van der Waals surface area contributed by atoms with Crippen LogP contribution >= 0.6 is 36.4 Å². The molecule has 0 aromatic heterocycles. The molecule has 2 nitrogen and oxygen atoms in total. The molecule has 1 heterocycles. The quantitative estimate of drug-likeness (QED) is 0.745. The van der Waals surface area contributed by atoms with Gasteiger partial charge in [-0.25, -0.2) is 0 Å². The first kappa shape index (κ1) is 13.8. The Balaban J connectivity index is 0.000000845. The lowest BCUT2D eigenvalue weighted by molar-refractivity contribution is 0.725. The highest BCUT2D eigenvalue weighted by atomic mass is 35.5. The standard InChI is InChI=1S/C9H11ClN2.2ClH/c10-8-3-1-2-7-6-11-4-5-12-9(7)8;;/h1-3,11-12H,4-6H2;2*1H. The summed E-state index contributed by atoms with van der Waals surface area (Å²) in [5, 5.41) is 7.42. The van der Waals surface area contributed by atoms with E-state index in [1.54, 1.807) is 0 Å². The van der Waals surface area contributed by atoms with Crippen LogP contribution < -0.4 is 10.6 Å². The molecule has 0 bridgehead atoms.